The molecule has 2 N–H and O–H groups in total. The van der Waals surface area contributed by atoms with Gasteiger partial charge in [-0.1, -0.05) is 18.3 Å². The summed E-state index contributed by atoms with van der Waals surface area (Å²) in [6, 6.07) is 3.68. The van der Waals surface area contributed by atoms with Crippen molar-refractivity contribution in [1.82, 2.24) is 4.31 Å². The van der Waals surface area contributed by atoms with Crippen LogP contribution in [0.1, 0.15) is 5.56 Å². The van der Waals surface area contributed by atoms with E-state index in [0.29, 0.717) is 0 Å². The summed E-state index contributed by atoms with van der Waals surface area (Å²) < 4.78 is 51.3. The van der Waals surface area contributed by atoms with Gasteiger partial charge in [-0.05, 0) is 12.1 Å². The van der Waals surface area contributed by atoms with Crippen LogP contribution in [0.5, 0.6) is 0 Å². The van der Waals surface area contributed by atoms with Crippen LogP contribution in [0.2, 0.25) is 0 Å². The Morgan fingerprint density at radius 3 is 2.50 bits per heavy atom. The van der Waals surface area contributed by atoms with E-state index in [9.17, 15) is 17.0 Å². The molecule has 110 valence electrons. The fourth-order valence-corrected chi connectivity index (χ4v) is 5.17. The number of nitrogens with two attached hydrogens (primary N) is 1. The lowest BCUT2D eigenvalue weighted by atomic mass is 10.2. The van der Waals surface area contributed by atoms with Gasteiger partial charge in [-0.2, -0.15) is 4.31 Å². The molecule has 5 nitrogen and oxygen atoms in total. The van der Waals surface area contributed by atoms with E-state index in [4.69, 9.17) is 18.0 Å². The Hall–Kier alpha value is -0.900. The molecule has 0 bridgehead atoms. The minimum Gasteiger partial charge on any atom is -0.389 e. The molecule has 0 radical (unpaired) electrons. The number of rotatable bonds is 3. The first-order valence-electron chi connectivity index (χ1n) is 5.77. The van der Waals surface area contributed by atoms with Crippen molar-refractivity contribution in [2.24, 2.45) is 5.73 Å². The van der Waals surface area contributed by atoms with Crippen molar-refractivity contribution in [2.75, 3.05) is 24.6 Å². The van der Waals surface area contributed by atoms with Gasteiger partial charge >= 0.3 is 0 Å². The first-order valence-corrected chi connectivity index (χ1v) is 9.11. The minimum atomic E-state index is -3.89. The molecule has 1 heterocycles. The minimum absolute atomic E-state index is 0.141. The molecule has 20 heavy (non-hydrogen) atoms. The molecule has 9 heteroatoms. The molecule has 1 saturated heterocycles. The maximum atomic E-state index is 13.8. The quantitative estimate of drug-likeness (QED) is 0.798. The van der Waals surface area contributed by atoms with E-state index in [-0.39, 0.29) is 40.0 Å². The van der Waals surface area contributed by atoms with Gasteiger partial charge in [0.2, 0.25) is 10.0 Å². The van der Waals surface area contributed by atoms with E-state index in [2.05, 4.69) is 0 Å². The van der Waals surface area contributed by atoms with Crippen molar-refractivity contribution < 1.29 is 17.0 Å². The second-order valence-corrected chi connectivity index (χ2v) is 8.27. The summed E-state index contributed by atoms with van der Waals surface area (Å²) in [5.74, 6) is -0.215. The summed E-state index contributed by atoms with van der Waals surface area (Å²) in [6.45, 7) is 0.282. The number of hydrogen-bond acceptors (Lipinski definition) is 4. The van der Waals surface area contributed by atoms with Gasteiger partial charge < -0.3 is 5.73 Å². The highest BCUT2D eigenvalue weighted by atomic mass is 32.2. The number of nitrogens with zero attached hydrogens (tertiary/aromatic N) is 1. The van der Waals surface area contributed by atoms with Crippen molar-refractivity contribution in [3.8, 4) is 0 Å². The van der Waals surface area contributed by atoms with E-state index in [1.165, 1.54) is 16.4 Å². The molecule has 1 aliphatic heterocycles. The molecule has 0 atom stereocenters. The second kappa shape index (κ2) is 5.84. The Morgan fingerprint density at radius 2 is 1.95 bits per heavy atom. The third-order valence-electron chi connectivity index (χ3n) is 2.98. The van der Waals surface area contributed by atoms with Gasteiger partial charge in [-0.25, -0.2) is 12.8 Å². The lowest BCUT2D eigenvalue weighted by Gasteiger charge is -2.26. The van der Waals surface area contributed by atoms with Gasteiger partial charge in [-0.3, -0.25) is 4.21 Å². The van der Waals surface area contributed by atoms with Crippen LogP contribution in [0.25, 0.3) is 0 Å². The zero-order valence-electron chi connectivity index (χ0n) is 10.4. The Labute approximate surface area is 124 Å². The fraction of sp³-hybridized carbons (Fsp3) is 0.364. The number of hydrogen-bond donors (Lipinski definition) is 1. The van der Waals surface area contributed by atoms with Gasteiger partial charge in [-0.15, -0.1) is 0 Å². The van der Waals surface area contributed by atoms with Crippen LogP contribution >= 0.6 is 12.2 Å². The Kier molecular flexibility index (Phi) is 4.52. The molecular formula is C11H13FN2O3S3. The number of benzene rings is 1. The van der Waals surface area contributed by atoms with E-state index in [0.717, 1.165) is 6.07 Å². The van der Waals surface area contributed by atoms with Crippen molar-refractivity contribution in [1.29, 1.82) is 0 Å². The molecule has 0 aromatic heterocycles. The van der Waals surface area contributed by atoms with Crippen LogP contribution < -0.4 is 5.73 Å². The summed E-state index contributed by atoms with van der Waals surface area (Å²) in [4.78, 5) is -0.542. The average Bonchev–Trinajstić information content (AvgIpc) is 2.38. The Bertz CT molecular complexity index is 665. The monoisotopic (exact) mass is 336 g/mol. The number of sulfonamides is 1. The van der Waals surface area contributed by atoms with Crippen LogP contribution in [-0.4, -0.2) is 46.5 Å². The third-order valence-corrected chi connectivity index (χ3v) is 6.40. The van der Waals surface area contributed by atoms with Crippen LogP contribution in [-0.2, 0) is 20.8 Å². The van der Waals surface area contributed by atoms with Crippen LogP contribution in [0, 0.1) is 5.82 Å². The molecule has 1 aromatic rings. The van der Waals surface area contributed by atoms with Gasteiger partial charge in [0, 0.05) is 35.4 Å². The Balaban J connectivity index is 2.47. The maximum Gasteiger partial charge on any atom is 0.243 e. The first-order chi connectivity index (χ1) is 9.34. The molecule has 0 amide bonds. The van der Waals surface area contributed by atoms with Crippen molar-refractivity contribution in [3.63, 3.8) is 0 Å². The highest BCUT2D eigenvalue weighted by molar-refractivity contribution is 7.89. The zero-order valence-corrected chi connectivity index (χ0v) is 12.9. The van der Waals surface area contributed by atoms with E-state index in [1.54, 1.807) is 0 Å². The molecule has 2 rings (SSSR count). The number of halogens is 1. The smallest absolute Gasteiger partial charge is 0.243 e. The van der Waals surface area contributed by atoms with E-state index < -0.39 is 26.6 Å². The first kappa shape index (κ1) is 15.5. The van der Waals surface area contributed by atoms with Crippen molar-refractivity contribution >= 4 is 38.0 Å². The molecule has 1 aliphatic rings. The molecule has 0 aliphatic carbocycles. The summed E-state index contributed by atoms with van der Waals surface area (Å²) in [6.07, 6.45) is 0. The molecule has 0 saturated carbocycles. The van der Waals surface area contributed by atoms with Gasteiger partial charge in [0.15, 0.2) is 0 Å². The van der Waals surface area contributed by atoms with Crippen LogP contribution in [0.4, 0.5) is 4.39 Å². The summed E-state index contributed by atoms with van der Waals surface area (Å²) in [5, 5.41) is 0. The normalized spacial score (nSPS) is 18.1. The zero-order chi connectivity index (χ0) is 14.9. The highest BCUT2D eigenvalue weighted by Crippen LogP contribution is 2.23. The van der Waals surface area contributed by atoms with Gasteiger partial charge in [0.25, 0.3) is 0 Å². The topological polar surface area (TPSA) is 80.5 Å². The van der Waals surface area contributed by atoms with Gasteiger partial charge in [0.05, 0.1) is 10.5 Å². The molecule has 0 spiro atoms. The highest BCUT2D eigenvalue weighted by Gasteiger charge is 2.31. The van der Waals surface area contributed by atoms with Crippen molar-refractivity contribution in [2.45, 2.75) is 4.90 Å². The van der Waals surface area contributed by atoms with E-state index >= 15 is 0 Å². The van der Waals surface area contributed by atoms with Crippen LogP contribution in [0.15, 0.2) is 23.1 Å². The molecule has 0 unspecified atom stereocenters. The lowest BCUT2D eigenvalue weighted by Crippen LogP contribution is -2.42. The Morgan fingerprint density at radius 1 is 1.35 bits per heavy atom. The SMILES string of the molecule is NC(=S)c1c(F)cccc1S(=O)(=O)N1CCS(=O)CC1. The number of thiocarbonyl (C=S) groups is 1. The fourth-order valence-electron chi connectivity index (χ4n) is 1.96. The lowest BCUT2D eigenvalue weighted by molar-refractivity contribution is 0.438. The van der Waals surface area contributed by atoms with E-state index in [1.807, 2.05) is 0 Å². The predicted octanol–water partition coefficient (Wildman–Crippen LogP) is 0.213. The average molecular weight is 336 g/mol. The maximum absolute atomic E-state index is 13.8. The molecular weight excluding hydrogens is 323 g/mol. The van der Waals surface area contributed by atoms with Gasteiger partial charge in [0.1, 0.15) is 10.8 Å². The second-order valence-electron chi connectivity index (χ2n) is 4.23. The summed E-state index contributed by atoms with van der Waals surface area (Å²) in [7, 11) is -4.89. The summed E-state index contributed by atoms with van der Waals surface area (Å²) in [5.41, 5.74) is 5.15. The molecule has 1 aromatic carbocycles. The predicted molar refractivity (Wildman–Crippen MR) is 78.9 cm³/mol. The summed E-state index contributed by atoms with van der Waals surface area (Å²) >= 11 is 4.73. The third kappa shape index (κ3) is 2.90. The standard InChI is InChI=1S/C11H13FN2O3S3/c12-8-2-1-3-9(10(8)11(13)18)20(16,17)14-4-6-19(15)7-5-14/h1-3H,4-7H2,(H2,13,18). The largest absolute Gasteiger partial charge is 0.389 e. The van der Waals surface area contributed by atoms with Crippen LogP contribution in [0.3, 0.4) is 0 Å². The molecule has 1 fully saturated rings. The van der Waals surface area contributed by atoms with Crippen molar-refractivity contribution in [3.05, 3.63) is 29.6 Å².